The summed E-state index contributed by atoms with van der Waals surface area (Å²) in [7, 11) is 0. The highest BCUT2D eigenvalue weighted by Crippen LogP contribution is 2.23. The molecule has 0 heterocycles. The Balaban J connectivity index is 1.90. The van der Waals surface area contributed by atoms with E-state index in [0.717, 1.165) is 16.6 Å². The quantitative estimate of drug-likeness (QED) is 0.789. The summed E-state index contributed by atoms with van der Waals surface area (Å²) < 4.78 is 1.12. The van der Waals surface area contributed by atoms with Crippen LogP contribution in [0.3, 0.4) is 0 Å². The van der Waals surface area contributed by atoms with Gasteiger partial charge in [0.15, 0.2) is 0 Å². The molecule has 0 radical (unpaired) electrons. The average molecular weight is 350 g/mol. The molecule has 1 nitrogen and oxygen atoms in total. The molecule has 2 rings (SSSR count). The van der Waals surface area contributed by atoms with E-state index in [9.17, 15) is 0 Å². The van der Waals surface area contributed by atoms with Crippen LogP contribution >= 0.6 is 27.7 Å². The third kappa shape index (κ3) is 4.97. The van der Waals surface area contributed by atoms with Gasteiger partial charge in [0.05, 0.1) is 0 Å². The van der Waals surface area contributed by atoms with Crippen molar-refractivity contribution in [2.24, 2.45) is 5.73 Å². The first kappa shape index (κ1) is 15.6. The summed E-state index contributed by atoms with van der Waals surface area (Å²) in [6.07, 6.45) is 0.934. The smallest absolute Gasteiger partial charge is 0.0186 e. The van der Waals surface area contributed by atoms with Crippen molar-refractivity contribution in [1.82, 2.24) is 0 Å². The molecule has 0 bridgehead atoms. The molecule has 2 aromatic rings. The number of halogens is 1. The Kier molecular flexibility index (Phi) is 5.70. The maximum atomic E-state index is 6.26. The minimum atomic E-state index is 0.181. The standard InChI is InChI=1S/C17H20BrNS/c1-12-6-13(2)8-14(7-12)9-16(19)11-20-17-5-3-4-15(18)10-17/h3-8,10,16H,9,11,19H2,1-2H3. The number of benzene rings is 2. The second-order valence-corrected chi connectivity index (χ2v) is 7.24. The van der Waals surface area contributed by atoms with Crippen molar-refractivity contribution >= 4 is 27.7 Å². The number of aryl methyl sites for hydroxylation is 2. The maximum absolute atomic E-state index is 6.26. The fourth-order valence-electron chi connectivity index (χ4n) is 2.31. The van der Waals surface area contributed by atoms with E-state index in [-0.39, 0.29) is 6.04 Å². The van der Waals surface area contributed by atoms with Gasteiger partial charge in [-0.2, -0.15) is 0 Å². The molecule has 2 N–H and O–H groups in total. The van der Waals surface area contributed by atoms with Crippen LogP contribution in [0.15, 0.2) is 51.8 Å². The monoisotopic (exact) mass is 349 g/mol. The van der Waals surface area contributed by atoms with Crippen molar-refractivity contribution in [3.05, 3.63) is 63.6 Å². The van der Waals surface area contributed by atoms with Crippen molar-refractivity contribution in [3.63, 3.8) is 0 Å². The highest BCUT2D eigenvalue weighted by Gasteiger charge is 2.06. The number of rotatable bonds is 5. The lowest BCUT2D eigenvalue weighted by molar-refractivity contribution is 0.747. The van der Waals surface area contributed by atoms with E-state index in [1.165, 1.54) is 21.6 Å². The van der Waals surface area contributed by atoms with Crippen LogP contribution in [0.4, 0.5) is 0 Å². The van der Waals surface area contributed by atoms with Crippen LogP contribution in [0, 0.1) is 13.8 Å². The van der Waals surface area contributed by atoms with E-state index in [2.05, 4.69) is 66.2 Å². The van der Waals surface area contributed by atoms with Crippen molar-refractivity contribution in [2.45, 2.75) is 31.2 Å². The Bertz CT molecular complexity index is 563. The van der Waals surface area contributed by atoms with Crippen LogP contribution in [0.1, 0.15) is 16.7 Å². The fraction of sp³-hybridized carbons (Fsp3) is 0.294. The second kappa shape index (κ2) is 7.30. The Morgan fingerprint density at radius 3 is 2.45 bits per heavy atom. The van der Waals surface area contributed by atoms with Gasteiger partial charge in [0.25, 0.3) is 0 Å². The lowest BCUT2D eigenvalue weighted by Crippen LogP contribution is -2.25. The van der Waals surface area contributed by atoms with Gasteiger partial charge in [-0.3, -0.25) is 0 Å². The van der Waals surface area contributed by atoms with Crippen molar-refractivity contribution in [1.29, 1.82) is 0 Å². The third-order valence-corrected chi connectivity index (χ3v) is 4.71. The van der Waals surface area contributed by atoms with Crippen LogP contribution in [0.2, 0.25) is 0 Å². The number of hydrogen-bond acceptors (Lipinski definition) is 2. The van der Waals surface area contributed by atoms with Gasteiger partial charge >= 0.3 is 0 Å². The van der Waals surface area contributed by atoms with Crippen LogP contribution in [0.5, 0.6) is 0 Å². The van der Waals surface area contributed by atoms with E-state index in [1.54, 1.807) is 0 Å². The molecule has 2 aromatic carbocycles. The number of nitrogens with two attached hydrogens (primary N) is 1. The molecule has 0 aliphatic heterocycles. The molecule has 0 amide bonds. The van der Waals surface area contributed by atoms with Crippen LogP contribution in [-0.2, 0) is 6.42 Å². The van der Waals surface area contributed by atoms with Gasteiger partial charge in [0, 0.05) is 21.2 Å². The Morgan fingerprint density at radius 1 is 1.10 bits per heavy atom. The third-order valence-electron chi connectivity index (χ3n) is 3.04. The van der Waals surface area contributed by atoms with Gasteiger partial charge in [0.2, 0.25) is 0 Å². The van der Waals surface area contributed by atoms with E-state index < -0.39 is 0 Å². The SMILES string of the molecule is Cc1cc(C)cc(CC(N)CSc2cccc(Br)c2)c1. The molecule has 0 aliphatic rings. The van der Waals surface area contributed by atoms with E-state index in [0.29, 0.717) is 0 Å². The minimum absolute atomic E-state index is 0.181. The van der Waals surface area contributed by atoms with Crippen molar-refractivity contribution in [2.75, 3.05) is 5.75 Å². The van der Waals surface area contributed by atoms with Gasteiger partial charge < -0.3 is 5.73 Å². The molecule has 0 aliphatic carbocycles. The zero-order chi connectivity index (χ0) is 14.5. The van der Waals surface area contributed by atoms with Crippen molar-refractivity contribution in [3.8, 4) is 0 Å². The Labute approximate surface area is 134 Å². The van der Waals surface area contributed by atoms with Crippen molar-refractivity contribution < 1.29 is 0 Å². The molecular formula is C17H20BrNS. The number of hydrogen-bond donors (Lipinski definition) is 1. The second-order valence-electron chi connectivity index (χ2n) is 5.23. The maximum Gasteiger partial charge on any atom is 0.0186 e. The molecule has 1 unspecified atom stereocenters. The highest BCUT2D eigenvalue weighted by atomic mass is 79.9. The molecule has 20 heavy (non-hydrogen) atoms. The summed E-state index contributed by atoms with van der Waals surface area (Å²) in [5.41, 5.74) is 10.2. The minimum Gasteiger partial charge on any atom is -0.327 e. The first-order valence-corrected chi connectivity index (χ1v) is 8.52. The predicted molar refractivity (Wildman–Crippen MR) is 92.5 cm³/mol. The van der Waals surface area contributed by atoms with Gasteiger partial charge in [-0.1, -0.05) is 51.3 Å². The molecule has 3 heteroatoms. The molecule has 0 fully saturated rings. The summed E-state index contributed by atoms with van der Waals surface area (Å²) in [4.78, 5) is 1.26. The molecule has 0 saturated heterocycles. The summed E-state index contributed by atoms with van der Waals surface area (Å²) >= 11 is 5.31. The van der Waals surface area contributed by atoms with E-state index in [4.69, 9.17) is 5.73 Å². The zero-order valence-electron chi connectivity index (χ0n) is 11.9. The predicted octanol–water partition coefficient (Wildman–Crippen LogP) is 4.73. The largest absolute Gasteiger partial charge is 0.327 e. The summed E-state index contributed by atoms with van der Waals surface area (Å²) in [6.45, 7) is 4.27. The normalized spacial score (nSPS) is 12.4. The molecular weight excluding hydrogens is 330 g/mol. The molecule has 0 aromatic heterocycles. The van der Waals surface area contributed by atoms with Crippen LogP contribution in [-0.4, -0.2) is 11.8 Å². The number of thioether (sulfide) groups is 1. The highest BCUT2D eigenvalue weighted by molar-refractivity contribution is 9.10. The Hall–Kier alpha value is -0.770. The van der Waals surface area contributed by atoms with Gasteiger partial charge in [-0.05, 0) is 44.0 Å². The summed E-state index contributed by atoms with van der Waals surface area (Å²) in [5.74, 6) is 0.934. The van der Waals surface area contributed by atoms with Crippen LogP contribution in [0.25, 0.3) is 0 Å². The average Bonchev–Trinajstić information content (AvgIpc) is 2.35. The Morgan fingerprint density at radius 2 is 1.80 bits per heavy atom. The zero-order valence-corrected chi connectivity index (χ0v) is 14.3. The lowest BCUT2D eigenvalue weighted by atomic mass is 10.0. The van der Waals surface area contributed by atoms with Gasteiger partial charge in [-0.15, -0.1) is 11.8 Å². The fourth-order valence-corrected chi connectivity index (χ4v) is 3.77. The first-order chi connectivity index (χ1) is 9.52. The lowest BCUT2D eigenvalue weighted by Gasteiger charge is -2.12. The molecule has 0 spiro atoms. The molecule has 0 saturated carbocycles. The first-order valence-electron chi connectivity index (χ1n) is 6.74. The topological polar surface area (TPSA) is 26.0 Å². The van der Waals surface area contributed by atoms with Gasteiger partial charge in [0.1, 0.15) is 0 Å². The molecule has 106 valence electrons. The van der Waals surface area contributed by atoms with E-state index >= 15 is 0 Å². The summed E-state index contributed by atoms with van der Waals surface area (Å²) in [6, 6.07) is 15.2. The molecule has 1 atom stereocenters. The van der Waals surface area contributed by atoms with Gasteiger partial charge in [-0.25, -0.2) is 0 Å². The van der Waals surface area contributed by atoms with E-state index in [1.807, 2.05) is 17.8 Å². The van der Waals surface area contributed by atoms with Crippen LogP contribution < -0.4 is 5.73 Å². The summed E-state index contributed by atoms with van der Waals surface area (Å²) in [5, 5.41) is 0.